The Labute approximate surface area is 138 Å². The van der Waals surface area contributed by atoms with E-state index in [9.17, 15) is 10.0 Å². The first-order valence-corrected chi connectivity index (χ1v) is 7.76. The van der Waals surface area contributed by atoms with Crippen molar-refractivity contribution in [3.05, 3.63) is 77.3 Å². The summed E-state index contributed by atoms with van der Waals surface area (Å²) in [6, 6.07) is 23.7. The van der Waals surface area contributed by atoms with E-state index in [-0.39, 0.29) is 0 Å². The van der Waals surface area contributed by atoms with Gasteiger partial charge in [-0.2, -0.15) is 0 Å². The molecule has 0 heterocycles. The first-order valence-electron chi connectivity index (χ1n) is 6.97. The van der Waals surface area contributed by atoms with Gasteiger partial charge in [0.1, 0.15) is 0 Å². The summed E-state index contributed by atoms with van der Waals surface area (Å²) in [7, 11) is -1.53. The molecule has 0 saturated carbocycles. The second-order valence-corrected chi connectivity index (χ2v) is 5.88. The highest BCUT2D eigenvalue weighted by Gasteiger charge is 2.21. The quantitative estimate of drug-likeness (QED) is 0.708. The third-order valence-electron chi connectivity index (χ3n) is 3.58. The van der Waals surface area contributed by atoms with Gasteiger partial charge in [-0.15, -0.1) is 0 Å². The third-order valence-corrected chi connectivity index (χ3v) is 4.24. The van der Waals surface area contributed by atoms with Gasteiger partial charge < -0.3 is 10.0 Å². The first-order chi connectivity index (χ1) is 10.7. The van der Waals surface area contributed by atoms with Crippen LogP contribution in [0.25, 0.3) is 22.3 Å². The predicted molar refractivity (Wildman–Crippen MR) is 94.8 cm³/mol. The summed E-state index contributed by atoms with van der Waals surface area (Å²) in [5.74, 6) is 0. The minimum absolute atomic E-state index is 0.478. The normalized spacial score (nSPS) is 10.5. The topological polar surface area (TPSA) is 40.5 Å². The van der Waals surface area contributed by atoms with Gasteiger partial charge in [0.2, 0.25) is 0 Å². The van der Waals surface area contributed by atoms with Gasteiger partial charge in [0, 0.05) is 9.94 Å². The Hall–Kier alpha value is -1.88. The molecular formula is C18H14BBrO2. The van der Waals surface area contributed by atoms with Gasteiger partial charge in [-0.1, -0.05) is 76.6 Å². The molecule has 0 bridgehead atoms. The lowest BCUT2D eigenvalue weighted by molar-refractivity contribution is 0.425. The maximum absolute atomic E-state index is 9.73. The van der Waals surface area contributed by atoms with Crippen LogP contribution in [0.2, 0.25) is 0 Å². The van der Waals surface area contributed by atoms with Crippen LogP contribution < -0.4 is 5.46 Å². The summed E-state index contributed by atoms with van der Waals surface area (Å²) in [5, 5.41) is 19.5. The molecule has 0 aliphatic heterocycles. The van der Waals surface area contributed by atoms with Gasteiger partial charge in [-0.25, -0.2) is 0 Å². The predicted octanol–water partition coefficient (Wildman–Crippen LogP) is 3.46. The fraction of sp³-hybridized carbons (Fsp3) is 0. The maximum atomic E-state index is 9.73. The lowest BCUT2D eigenvalue weighted by Gasteiger charge is -2.14. The number of hydrogen-bond acceptors (Lipinski definition) is 2. The van der Waals surface area contributed by atoms with E-state index in [0.29, 0.717) is 9.94 Å². The molecule has 0 amide bonds. The zero-order chi connectivity index (χ0) is 15.5. The number of rotatable bonds is 3. The molecule has 22 heavy (non-hydrogen) atoms. The average molecular weight is 353 g/mol. The minimum Gasteiger partial charge on any atom is -0.423 e. The highest BCUT2D eigenvalue weighted by atomic mass is 79.9. The van der Waals surface area contributed by atoms with E-state index < -0.39 is 7.12 Å². The van der Waals surface area contributed by atoms with E-state index in [0.717, 1.165) is 22.3 Å². The van der Waals surface area contributed by atoms with Crippen LogP contribution in [0.5, 0.6) is 0 Å². The first kappa shape index (κ1) is 15.0. The van der Waals surface area contributed by atoms with Crippen LogP contribution in [0, 0.1) is 0 Å². The second kappa shape index (κ2) is 6.49. The van der Waals surface area contributed by atoms with Gasteiger partial charge in [0.05, 0.1) is 0 Å². The summed E-state index contributed by atoms with van der Waals surface area (Å²) in [6.45, 7) is 0. The molecule has 0 radical (unpaired) electrons. The molecule has 0 aromatic heterocycles. The molecule has 2 N–H and O–H groups in total. The van der Waals surface area contributed by atoms with E-state index in [1.54, 1.807) is 0 Å². The Morgan fingerprint density at radius 3 is 1.77 bits per heavy atom. The lowest BCUT2D eigenvalue weighted by Crippen LogP contribution is -2.33. The molecule has 0 atom stereocenters. The number of hydrogen-bond donors (Lipinski definition) is 2. The van der Waals surface area contributed by atoms with Crippen molar-refractivity contribution in [3.8, 4) is 22.3 Å². The molecule has 3 aromatic rings. The largest absolute Gasteiger partial charge is 0.490 e. The van der Waals surface area contributed by atoms with Crippen molar-refractivity contribution < 1.29 is 10.0 Å². The Morgan fingerprint density at radius 2 is 1.23 bits per heavy atom. The Morgan fingerprint density at radius 1 is 0.682 bits per heavy atom. The van der Waals surface area contributed by atoms with Gasteiger partial charge in [0.25, 0.3) is 0 Å². The maximum Gasteiger partial charge on any atom is 0.490 e. The highest BCUT2D eigenvalue weighted by molar-refractivity contribution is 9.10. The zero-order valence-corrected chi connectivity index (χ0v) is 13.4. The standard InChI is InChI=1S/C18H14BBrO2/c20-17-12-15(13-7-3-1-4-8-13)11-16(18(17)19(21)22)14-9-5-2-6-10-14/h1-12,21-22H. The van der Waals surface area contributed by atoms with Crippen LogP contribution in [0.4, 0.5) is 0 Å². The average Bonchev–Trinajstić information content (AvgIpc) is 2.55. The molecule has 3 rings (SSSR count). The monoisotopic (exact) mass is 352 g/mol. The van der Waals surface area contributed by atoms with Crippen molar-refractivity contribution in [3.63, 3.8) is 0 Å². The van der Waals surface area contributed by atoms with Crippen LogP contribution in [0.15, 0.2) is 77.3 Å². The van der Waals surface area contributed by atoms with Crippen LogP contribution >= 0.6 is 15.9 Å². The molecule has 3 aromatic carbocycles. The van der Waals surface area contributed by atoms with E-state index >= 15 is 0 Å². The van der Waals surface area contributed by atoms with Crippen LogP contribution in [0.3, 0.4) is 0 Å². The summed E-state index contributed by atoms with van der Waals surface area (Å²) in [6.07, 6.45) is 0. The molecule has 2 nitrogen and oxygen atoms in total. The molecule has 0 saturated heterocycles. The summed E-state index contributed by atoms with van der Waals surface area (Å²) in [4.78, 5) is 0. The number of benzene rings is 3. The second-order valence-electron chi connectivity index (χ2n) is 5.03. The summed E-state index contributed by atoms with van der Waals surface area (Å²) in [5.41, 5.74) is 4.34. The Bertz CT molecular complexity index is 774. The van der Waals surface area contributed by atoms with Crippen molar-refractivity contribution in [2.24, 2.45) is 0 Å². The van der Waals surface area contributed by atoms with Gasteiger partial charge in [-0.05, 0) is 34.4 Å². The molecule has 0 fully saturated rings. The molecule has 4 heteroatoms. The van der Waals surface area contributed by atoms with Crippen molar-refractivity contribution in [2.45, 2.75) is 0 Å². The molecule has 0 aliphatic rings. The Balaban J connectivity index is 2.24. The van der Waals surface area contributed by atoms with Crippen molar-refractivity contribution in [2.75, 3.05) is 0 Å². The van der Waals surface area contributed by atoms with Crippen LogP contribution in [-0.4, -0.2) is 17.2 Å². The summed E-state index contributed by atoms with van der Waals surface area (Å²) < 4.78 is 0.683. The zero-order valence-electron chi connectivity index (χ0n) is 11.8. The molecular weight excluding hydrogens is 339 g/mol. The number of halogens is 1. The van der Waals surface area contributed by atoms with Gasteiger partial charge in [-0.3, -0.25) is 0 Å². The van der Waals surface area contributed by atoms with Crippen molar-refractivity contribution >= 4 is 28.5 Å². The SMILES string of the molecule is OB(O)c1c(Br)cc(-c2ccccc2)cc1-c1ccccc1. The molecule has 0 aliphatic carbocycles. The van der Waals surface area contributed by atoms with E-state index in [4.69, 9.17) is 0 Å². The van der Waals surface area contributed by atoms with Gasteiger partial charge in [0.15, 0.2) is 0 Å². The fourth-order valence-corrected chi connectivity index (χ4v) is 3.20. The smallest absolute Gasteiger partial charge is 0.423 e. The van der Waals surface area contributed by atoms with E-state index in [1.165, 1.54) is 0 Å². The van der Waals surface area contributed by atoms with E-state index in [1.807, 2.05) is 72.8 Å². The third kappa shape index (κ3) is 3.00. The fourth-order valence-electron chi connectivity index (χ4n) is 2.53. The van der Waals surface area contributed by atoms with E-state index in [2.05, 4.69) is 15.9 Å². The van der Waals surface area contributed by atoms with Crippen LogP contribution in [0.1, 0.15) is 0 Å². The van der Waals surface area contributed by atoms with Crippen LogP contribution in [-0.2, 0) is 0 Å². The van der Waals surface area contributed by atoms with Crippen molar-refractivity contribution in [1.82, 2.24) is 0 Å². The highest BCUT2D eigenvalue weighted by Crippen LogP contribution is 2.29. The molecule has 0 unspecified atom stereocenters. The lowest BCUT2D eigenvalue weighted by atomic mass is 9.74. The Kier molecular flexibility index (Phi) is 4.43. The van der Waals surface area contributed by atoms with Crippen molar-refractivity contribution in [1.29, 1.82) is 0 Å². The molecule has 0 spiro atoms. The van der Waals surface area contributed by atoms with Gasteiger partial charge >= 0.3 is 7.12 Å². The summed E-state index contributed by atoms with van der Waals surface area (Å²) >= 11 is 3.47. The molecule has 108 valence electrons. The minimum atomic E-state index is -1.53.